The molecular formula is C26H43NNaO3. The molecule has 0 aliphatic rings. The summed E-state index contributed by atoms with van der Waals surface area (Å²) in [6.07, 6.45) is 21.2. The van der Waals surface area contributed by atoms with Gasteiger partial charge in [0.05, 0.1) is 11.1 Å². The minimum Gasteiger partial charge on any atom is -0.478 e. The van der Waals surface area contributed by atoms with Gasteiger partial charge >= 0.3 is 5.97 Å². The standard InChI is InChI=1S/C26H43NO3.Na/c1-2-3-4-5-6-7-8-9-10-11-12-13-14-15-16-19-22-27-25(28)23-20-17-18-21-24(23)26(29)30;/h17-18,20-21H,2-16,19,22H2,1H3,(H,27,28)(H,29,30);. The first-order chi connectivity index (χ1) is 14.7. The molecule has 0 saturated carbocycles. The molecule has 0 fully saturated rings. The SMILES string of the molecule is CCCCCCCCCCCCCCCCCCNC(=O)c1ccccc1C(=O)O.[Na]. The van der Waals surface area contributed by atoms with Crippen LogP contribution in [0.1, 0.15) is 130 Å². The Morgan fingerprint density at radius 3 is 1.48 bits per heavy atom. The van der Waals surface area contributed by atoms with E-state index < -0.39 is 5.97 Å². The van der Waals surface area contributed by atoms with Gasteiger partial charge in [-0.25, -0.2) is 4.79 Å². The molecule has 5 heteroatoms. The van der Waals surface area contributed by atoms with Crippen molar-refractivity contribution in [2.24, 2.45) is 0 Å². The average molecular weight is 441 g/mol. The maximum Gasteiger partial charge on any atom is 0.336 e. The number of amides is 1. The van der Waals surface area contributed by atoms with Crippen LogP contribution in [-0.4, -0.2) is 53.1 Å². The molecule has 0 aliphatic carbocycles. The van der Waals surface area contributed by atoms with Crippen LogP contribution < -0.4 is 5.32 Å². The zero-order valence-corrected chi connectivity index (χ0v) is 22.1. The second-order valence-corrected chi connectivity index (χ2v) is 8.41. The molecule has 0 spiro atoms. The fourth-order valence-corrected chi connectivity index (χ4v) is 3.84. The first kappa shape index (κ1) is 30.2. The smallest absolute Gasteiger partial charge is 0.336 e. The van der Waals surface area contributed by atoms with E-state index in [-0.39, 0.29) is 46.6 Å². The fraction of sp³-hybridized carbons (Fsp3) is 0.692. The number of aromatic carboxylic acids is 1. The summed E-state index contributed by atoms with van der Waals surface area (Å²) in [5.74, 6) is -1.36. The number of carbonyl (C=O) groups excluding carboxylic acids is 1. The van der Waals surface area contributed by atoms with Crippen molar-refractivity contribution in [3.8, 4) is 0 Å². The zero-order valence-electron chi connectivity index (χ0n) is 20.1. The number of rotatable bonds is 19. The minimum absolute atomic E-state index is 0. The van der Waals surface area contributed by atoms with Crippen LogP contribution in [-0.2, 0) is 0 Å². The van der Waals surface area contributed by atoms with Gasteiger partial charge in [-0.1, -0.05) is 115 Å². The van der Waals surface area contributed by atoms with Crippen molar-refractivity contribution in [2.75, 3.05) is 6.54 Å². The number of carboxylic acid groups (broad SMARTS) is 1. The Morgan fingerprint density at radius 2 is 1.06 bits per heavy atom. The Morgan fingerprint density at radius 1 is 0.677 bits per heavy atom. The van der Waals surface area contributed by atoms with E-state index in [1.165, 1.54) is 96.0 Å². The van der Waals surface area contributed by atoms with E-state index in [9.17, 15) is 9.59 Å². The Bertz CT molecular complexity index is 592. The van der Waals surface area contributed by atoms with Gasteiger partial charge in [0.2, 0.25) is 0 Å². The maximum absolute atomic E-state index is 12.2. The van der Waals surface area contributed by atoms with Gasteiger partial charge < -0.3 is 10.4 Å². The quantitative estimate of drug-likeness (QED) is 0.180. The molecule has 1 aromatic carbocycles. The molecule has 4 nitrogen and oxygen atoms in total. The topological polar surface area (TPSA) is 66.4 Å². The van der Waals surface area contributed by atoms with Crippen LogP contribution in [0.2, 0.25) is 0 Å². The van der Waals surface area contributed by atoms with E-state index in [0.29, 0.717) is 6.54 Å². The molecule has 0 saturated heterocycles. The third-order valence-electron chi connectivity index (χ3n) is 5.72. The molecule has 171 valence electrons. The van der Waals surface area contributed by atoms with E-state index in [1.54, 1.807) is 18.2 Å². The van der Waals surface area contributed by atoms with E-state index in [2.05, 4.69) is 12.2 Å². The van der Waals surface area contributed by atoms with Gasteiger partial charge in [0.1, 0.15) is 0 Å². The predicted octanol–water partition coefficient (Wildman–Crippen LogP) is 7.00. The van der Waals surface area contributed by atoms with Crippen LogP contribution in [0.25, 0.3) is 0 Å². The molecular weight excluding hydrogens is 397 g/mol. The van der Waals surface area contributed by atoms with Gasteiger partial charge in [-0.3, -0.25) is 4.79 Å². The van der Waals surface area contributed by atoms with Crippen LogP contribution in [0.3, 0.4) is 0 Å². The molecule has 31 heavy (non-hydrogen) atoms. The largest absolute Gasteiger partial charge is 0.478 e. The van der Waals surface area contributed by atoms with Gasteiger partial charge in [0, 0.05) is 36.1 Å². The molecule has 0 bridgehead atoms. The van der Waals surface area contributed by atoms with Crippen molar-refractivity contribution < 1.29 is 14.7 Å². The summed E-state index contributed by atoms with van der Waals surface area (Å²) in [4.78, 5) is 23.3. The summed E-state index contributed by atoms with van der Waals surface area (Å²) in [6, 6.07) is 6.35. The molecule has 0 atom stereocenters. The Labute approximate surface area is 212 Å². The monoisotopic (exact) mass is 440 g/mol. The van der Waals surface area contributed by atoms with Crippen LogP contribution in [0, 0.1) is 0 Å². The van der Waals surface area contributed by atoms with Crippen molar-refractivity contribution >= 4 is 41.4 Å². The van der Waals surface area contributed by atoms with Crippen molar-refractivity contribution in [3.63, 3.8) is 0 Å². The average Bonchev–Trinajstić information content (AvgIpc) is 2.75. The van der Waals surface area contributed by atoms with Crippen LogP contribution in [0.4, 0.5) is 0 Å². The summed E-state index contributed by atoms with van der Waals surface area (Å²) in [6.45, 7) is 2.87. The number of hydrogen-bond acceptors (Lipinski definition) is 2. The first-order valence-corrected chi connectivity index (χ1v) is 12.3. The second-order valence-electron chi connectivity index (χ2n) is 8.41. The molecule has 1 aromatic rings. The maximum atomic E-state index is 12.2. The van der Waals surface area contributed by atoms with Crippen molar-refractivity contribution in [1.82, 2.24) is 5.32 Å². The summed E-state index contributed by atoms with van der Waals surface area (Å²) in [7, 11) is 0. The van der Waals surface area contributed by atoms with E-state index in [1.807, 2.05) is 0 Å². The van der Waals surface area contributed by atoms with Crippen molar-refractivity contribution in [3.05, 3.63) is 35.4 Å². The predicted molar refractivity (Wildman–Crippen MR) is 131 cm³/mol. The molecule has 1 radical (unpaired) electrons. The molecule has 0 heterocycles. The first-order valence-electron chi connectivity index (χ1n) is 12.3. The summed E-state index contributed by atoms with van der Waals surface area (Å²) in [5.41, 5.74) is 0.295. The third kappa shape index (κ3) is 15.6. The fourth-order valence-electron chi connectivity index (χ4n) is 3.84. The minimum atomic E-state index is -1.07. The van der Waals surface area contributed by atoms with Gasteiger partial charge in [-0.2, -0.15) is 0 Å². The van der Waals surface area contributed by atoms with E-state index in [0.717, 1.165) is 12.8 Å². The molecule has 2 N–H and O–H groups in total. The zero-order chi connectivity index (χ0) is 21.9. The normalized spacial score (nSPS) is 10.5. The Hall–Kier alpha value is -0.840. The number of hydrogen-bond donors (Lipinski definition) is 2. The molecule has 0 aliphatic heterocycles. The number of unbranched alkanes of at least 4 members (excludes halogenated alkanes) is 15. The van der Waals surface area contributed by atoms with E-state index >= 15 is 0 Å². The van der Waals surface area contributed by atoms with Crippen LogP contribution in [0.5, 0.6) is 0 Å². The summed E-state index contributed by atoms with van der Waals surface area (Å²) >= 11 is 0. The molecule has 0 aromatic heterocycles. The Balaban J connectivity index is 0.00000900. The number of carbonyl (C=O) groups is 2. The second kappa shape index (κ2) is 21.0. The van der Waals surface area contributed by atoms with Gasteiger partial charge in [-0.05, 0) is 18.6 Å². The molecule has 1 rings (SSSR count). The number of benzene rings is 1. The molecule has 1 amide bonds. The van der Waals surface area contributed by atoms with Crippen LogP contribution in [0.15, 0.2) is 24.3 Å². The van der Waals surface area contributed by atoms with Gasteiger partial charge in [-0.15, -0.1) is 0 Å². The summed E-state index contributed by atoms with van der Waals surface area (Å²) < 4.78 is 0. The number of nitrogens with one attached hydrogen (secondary N) is 1. The summed E-state index contributed by atoms with van der Waals surface area (Å²) in [5, 5.41) is 12.0. The van der Waals surface area contributed by atoms with Crippen molar-refractivity contribution in [2.45, 2.75) is 110 Å². The Kier molecular flexibility index (Phi) is 20.5. The van der Waals surface area contributed by atoms with Gasteiger partial charge in [0.25, 0.3) is 5.91 Å². The van der Waals surface area contributed by atoms with Crippen LogP contribution >= 0.6 is 0 Å². The number of carboxylic acids is 1. The molecule has 0 unspecified atom stereocenters. The third-order valence-corrected chi connectivity index (χ3v) is 5.72. The van der Waals surface area contributed by atoms with E-state index in [4.69, 9.17) is 5.11 Å². The van der Waals surface area contributed by atoms with Crippen molar-refractivity contribution in [1.29, 1.82) is 0 Å². The van der Waals surface area contributed by atoms with Gasteiger partial charge in [0.15, 0.2) is 0 Å².